The minimum Gasteiger partial charge on any atom is -0.394 e. The first-order chi connectivity index (χ1) is 4.62. The van der Waals surface area contributed by atoms with Gasteiger partial charge in [0.05, 0.1) is 6.61 Å². The molecule has 3 heteroatoms. The van der Waals surface area contributed by atoms with E-state index in [2.05, 4.69) is 10.6 Å². The van der Waals surface area contributed by atoms with Crippen molar-refractivity contribution in [2.75, 3.05) is 26.7 Å². The molecule has 0 aromatic carbocycles. The molecule has 0 saturated heterocycles. The van der Waals surface area contributed by atoms with E-state index in [0.29, 0.717) is 0 Å². The van der Waals surface area contributed by atoms with Gasteiger partial charge < -0.3 is 15.7 Å². The molecule has 62 valence electrons. The highest BCUT2D eigenvalue weighted by Crippen LogP contribution is 1.97. The summed E-state index contributed by atoms with van der Waals surface area (Å²) in [6.45, 7) is 5.95. The van der Waals surface area contributed by atoms with Crippen molar-refractivity contribution in [2.45, 2.75) is 19.4 Å². The predicted octanol–water partition coefficient (Wildman–Crippen LogP) is -0.434. The van der Waals surface area contributed by atoms with Crippen LogP contribution in [0.4, 0.5) is 0 Å². The Morgan fingerprint density at radius 1 is 1.30 bits per heavy atom. The SMILES string of the molecule is CNCCNC(C)(C)CO. The molecule has 0 amide bonds. The molecule has 10 heavy (non-hydrogen) atoms. The first-order valence-electron chi connectivity index (χ1n) is 3.63. The third kappa shape index (κ3) is 4.73. The van der Waals surface area contributed by atoms with Crippen molar-refractivity contribution in [1.82, 2.24) is 10.6 Å². The maximum absolute atomic E-state index is 8.81. The van der Waals surface area contributed by atoms with Gasteiger partial charge in [0.2, 0.25) is 0 Å². The second-order valence-corrected chi connectivity index (χ2v) is 3.07. The van der Waals surface area contributed by atoms with Crippen LogP contribution in [0.5, 0.6) is 0 Å². The average Bonchev–Trinajstić information content (AvgIpc) is 1.89. The minimum absolute atomic E-state index is 0.142. The molecular weight excluding hydrogens is 128 g/mol. The topological polar surface area (TPSA) is 44.3 Å². The highest BCUT2D eigenvalue weighted by Gasteiger charge is 2.13. The van der Waals surface area contributed by atoms with Gasteiger partial charge in [-0.25, -0.2) is 0 Å². The van der Waals surface area contributed by atoms with E-state index < -0.39 is 0 Å². The number of hydrogen-bond donors (Lipinski definition) is 3. The number of likely N-dealkylation sites (N-methyl/N-ethyl adjacent to an activating group) is 1. The van der Waals surface area contributed by atoms with Crippen LogP contribution in [0, 0.1) is 0 Å². The standard InChI is InChI=1S/C7H18N2O/c1-7(2,6-10)9-5-4-8-3/h8-10H,4-6H2,1-3H3. The van der Waals surface area contributed by atoms with E-state index in [-0.39, 0.29) is 12.1 Å². The molecule has 0 aliphatic rings. The summed E-state index contributed by atoms with van der Waals surface area (Å²) in [4.78, 5) is 0. The third-order valence-corrected chi connectivity index (χ3v) is 1.37. The Morgan fingerprint density at radius 3 is 2.30 bits per heavy atom. The van der Waals surface area contributed by atoms with Gasteiger partial charge in [-0.05, 0) is 20.9 Å². The van der Waals surface area contributed by atoms with Crippen molar-refractivity contribution >= 4 is 0 Å². The lowest BCUT2D eigenvalue weighted by atomic mass is 10.1. The van der Waals surface area contributed by atoms with E-state index in [0.717, 1.165) is 13.1 Å². The van der Waals surface area contributed by atoms with Gasteiger partial charge in [0.25, 0.3) is 0 Å². The molecule has 0 saturated carbocycles. The summed E-state index contributed by atoms with van der Waals surface area (Å²) in [5.41, 5.74) is -0.142. The second-order valence-electron chi connectivity index (χ2n) is 3.07. The summed E-state index contributed by atoms with van der Waals surface area (Å²) in [5.74, 6) is 0. The molecule has 0 aliphatic carbocycles. The molecule has 0 radical (unpaired) electrons. The zero-order valence-electron chi connectivity index (χ0n) is 7.07. The molecule has 0 aromatic rings. The van der Waals surface area contributed by atoms with Crippen LogP contribution in [0.2, 0.25) is 0 Å². The Kier molecular flexibility index (Phi) is 4.60. The fraction of sp³-hybridized carbons (Fsp3) is 1.00. The molecule has 3 N–H and O–H groups in total. The molecule has 0 fully saturated rings. The lowest BCUT2D eigenvalue weighted by Crippen LogP contribution is -2.45. The quantitative estimate of drug-likeness (QED) is 0.461. The van der Waals surface area contributed by atoms with Gasteiger partial charge in [-0.1, -0.05) is 0 Å². The number of rotatable bonds is 5. The highest BCUT2D eigenvalue weighted by molar-refractivity contribution is 4.75. The monoisotopic (exact) mass is 146 g/mol. The molecule has 0 aromatic heterocycles. The Bertz CT molecular complexity index is 83.7. The highest BCUT2D eigenvalue weighted by atomic mass is 16.3. The number of nitrogens with one attached hydrogen (secondary N) is 2. The summed E-state index contributed by atoms with van der Waals surface area (Å²) < 4.78 is 0. The van der Waals surface area contributed by atoms with Crippen LogP contribution in [0.3, 0.4) is 0 Å². The van der Waals surface area contributed by atoms with Crippen molar-refractivity contribution in [3.05, 3.63) is 0 Å². The zero-order chi connectivity index (χ0) is 8.04. The Morgan fingerprint density at radius 2 is 1.90 bits per heavy atom. The van der Waals surface area contributed by atoms with Crippen LogP contribution in [-0.4, -0.2) is 37.4 Å². The van der Waals surface area contributed by atoms with Gasteiger partial charge in [0.15, 0.2) is 0 Å². The Balaban J connectivity index is 3.28. The first-order valence-corrected chi connectivity index (χ1v) is 3.63. The molecule has 0 heterocycles. The van der Waals surface area contributed by atoms with E-state index in [1.807, 2.05) is 20.9 Å². The van der Waals surface area contributed by atoms with Crippen molar-refractivity contribution in [3.8, 4) is 0 Å². The molecule has 0 bridgehead atoms. The molecule has 0 spiro atoms. The summed E-state index contributed by atoms with van der Waals surface area (Å²) in [6.07, 6.45) is 0. The van der Waals surface area contributed by atoms with Crippen LogP contribution in [0.1, 0.15) is 13.8 Å². The number of aliphatic hydroxyl groups is 1. The fourth-order valence-corrected chi connectivity index (χ4v) is 0.582. The summed E-state index contributed by atoms with van der Waals surface area (Å²) >= 11 is 0. The average molecular weight is 146 g/mol. The van der Waals surface area contributed by atoms with E-state index >= 15 is 0 Å². The molecular formula is C7H18N2O. The van der Waals surface area contributed by atoms with Crippen molar-refractivity contribution in [2.24, 2.45) is 0 Å². The maximum Gasteiger partial charge on any atom is 0.0607 e. The lowest BCUT2D eigenvalue weighted by Gasteiger charge is -2.23. The Hall–Kier alpha value is -0.120. The molecule has 3 nitrogen and oxygen atoms in total. The maximum atomic E-state index is 8.81. The van der Waals surface area contributed by atoms with E-state index in [1.165, 1.54) is 0 Å². The smallest absolute Gasteiger partial charge is 0.0607 e. The number of aliphatic hydroxyl groups excluding tert-OH is 1. The summed E-state index contributed by atoms with van der Waals surface area (Å²) in [6, 6.07) is 0. The molecule has 0 atom stereocenters. The van der Waals surface area contributed by atoms with Crippen molar-refractivity contribution in [1.29, 1.82) is 0 Å². The van der Waals surface area contributed by atoms with Crippen molar-refractivity contribution < 1.29 is 5.11 Å². The van der Waals surface area contributed by atoms with Crippen LogP contribution in [0.15, 0.2) is 0 Å². The zero-order valence-corrected chi connectivity index (χ0v) is 7.07. The lowest BCUT2D eigenvalue weighted by molar-refractivity contribution is 0.189. The first kappa shape index (κ1) is 9.88. The largest absolute Gasteiger partial charge is 0.394 e. The van der Waals surface area contributed by atoms with Gasteiger partial charge in [-0.15, -0.1) is 0 Å². The Labute approximate surface area is 62.8 Å². The molecule has 0 unspecified atom stereocenters. The van der Waals surface area contributed by atoms with Gasteiger partial charge in [-0.2, -0.15) is 0 Å². The van der Waals surface area contributed by atoms with Crippen LogP contribution in [-0.2, 0) is 0 Å². The van der Waals surface area contributed by atoms with Crippen LogP contribution in [0.25, 0.3) is 0 Å². The van der Waals surface area contributed by atoms with Gasteiger partial charge in [-0.3, -0.25) is 0 Å². The van der Waals surface area contributed by atoms with Crippen LogP contribution < -0.4 is 10.6 Å². The third-order valence-electron chi connectivity index (χ3n) is 1.37. The number of hydrogen-bond acceptors (Lipinski definition) is 3. The normalized spacial score (nSPS) is 12.0. The van der Waals surface area contributed by atoms with Crippen molar-refractivity contribution in [3.63, 3.8) is 0 Å². The molecule has 0 aliphatic heterocycles. The fourth-order valence-electron chi connectivity index (χ4n) is 0.582. The second kappa shape index (κ2) is 4.66. The van der Waals surface area contributed by atoms with E-state index in [4.69, 9.17) is 5.11 Å². The predicted molar refractivity (Wildman–Crippen MR) is 43.1 cm³/mol. The summed E-state index contributed by atoms with van der Waals surface area (Å²) in [5, 5.41) is 15.0. The van der Waals surface area contributed by atoms with Gasteiger partial charge in [0.1, 0.15) is 0 Å². The van der Waals surface area contributed by atoms with E-state index in [9.17, 15) is 0 Å². The van der Waals surface area contributed by atoms with Gasteiger partial charge in [0, 0.05) is 18.6 Å². The van der Waals surface area contributed by atoms with Gasteiger partial charge >= 0.3 is 0 Å². The molecule has 0 rings (SSSR count). The van der Waals surface area contributed by atoms with E-state index in [1.54, 1.807) is 0 Å². The summed E-state index contributed by atoms with van der Waals surface area (Å²) in [7, 11) is 1.91. The minimum atomic E-state index is -0.142. The van der Waals surface area contributed by atoms with Crippen LogP contribution >= 0.6 is 0 Å².